The molecule has 9 heteroatoms. The molecule has 0 spiro atoms. The molecule has 0 fully saturated rings. The first kappa shape index (κ1) is 16.7. The number of nitrogens with zero attached hydrogens (tertiary/aromatic N) is 1. The Morgan fingerprint density at radius 1 is 1.48 bits per heavy atom. The van der Waals surface area contributed by atoms with Crippen LogP contribution in [0.3, 0.4) is 0 Å². The van der Waals surface area contributed by atoms with Crippen molar-refractivity contribution >= 4 is 28.8 Å². The van der Waals surface area contributed by atoms with Gasteiger partial charge in [0.2, 0.25) is 5.75 Å². The molecule has 0 saturated heterocycles. The quantitative estimate of drug-likeness (QED) is 0.432. The number of Topliss-reactive ketones (excluding diaryl/α,β-unsaturated/α-hetero) is 1. The van der Waals surface area contributed by atoms with Crippen LogP contribution in [0.4, 0.5) is 5.69 Å². The van der Waals surface area contributed by atoms with Crippen LogP contribution in [0.5, 0.6) is 11.5 Å². The van der Waals surface area contributed by atoms with E-state index in [4.69, 9.17) is 17.0 Å². The molecule has 1 heterocycles. The molecule has 1 unspecified atom stereocenters. The van der Waals surface area contributed by atoms with Gasteiger partial charge < -0.3 is 20.5 Å². The maximum Gasteiger partial charge on any atom is 0.320 e. The number of ketones is 1. The van der Waals surface area contributed by atoms with Gasteiger partial charge in [-0.25, -0.2) is 0 Å². The Labute approximate surface area is 137 Å². The molecular formula is C14H15N3O5S. The van der Waals surface area contributed by atoms with Crippen LogP contribution in [0.25, 0.3) is 0 Å². The van der Waals surface area contributed by atoms with E-state index in [0.29, 0.717) is 11.3 Å². The number of hydrogen-bond donors (Lipinski definition) is 3. The van der Waals surface area contributed by atoms with Crippen LogP contribution < -0.4 is 15.4 Å². The van der Waals surface area contributed by atoms with Crippen molar-refractivity contribution in [3.05, 3.63) is 39.1 Å². The molecule has 1 aliphatic rings. The molecule has 1 aromatic rings. The van der Waals surface area contributed by atoms with Gasteiger partial charge in [0.25, 0.3) is 0 Å². The maximum absolute atomic E-state index is 12.0. The van der Waals surface area contributed by atoms with Gasteiger partial charge in [0.05, 0.1) is 23.6 Å². The van der Waals surface area contributed by atoms with Gasteiger partial charge in [-0.1, -0.05) is 0 Å². The van der Waals surface area contributed by atoms with E-state index in [1.165, 1.54) is 26.2 Å². The summed E-state index contributed by atoms with van der Waals surface area (Å²) in [6, 6.07) is 1.84. The number of phenols is 1. The van der Waals surface area contributed by atoms with Gasteiger partial charge in [0, 0.05) is 11.3 Å². The standard InChI is InChI=1S/C14H15N3O5S/c1-6-10(7(2)18)11(16-14(23)15-6)8-4-5-9(19)13(22-3)12(8)17(20)21/h4-5,11,19H,1-3H3,(H2,15,16,23). The number of methoxy groups -OCH3 is 1. The summed E-state index contributed by atoms with van der Waals surface area (Å²) in [7, 11) is 1.22. The predicted octanol–water partition coefficient (Wildman–Crippen LogP) is 1.69. The van der Waals surface area contributed by atoms with Crippen molar-refractivity contribution in [3.8, 4) is 11.5 Å². The lowest BCUT2D eigenvalue weighted by Gasteiger charge is -2.29. The number of ether oxygens (including phenoxy) is 1. The summed E-state index contributed by atoms with van der Waals surface area (Å²) in [5.74, 6) is -0.875. The van der Waals surface area contributed by atoms with E-state index < -0.39 is 16.7 Å². The second-order valence-electron chi connectivity index (χ2n) is 4.94. The molecule has 8 nitrogen and oxygen atoms in total. The molecule has 1 aliphatic heterocycles. The fourth-order valence-corrected chi connectivity index (χ4v) is 2.86. The van der Waals surface area contributed by atoms with E-state index in [1.54, 1.807) is 6.92 Å². The Kier molecular flexibility index (Phi) is 4.50. The molecule has 122 valence electrons. The normalized spacial score (nSPS) is 17.3. The van der Waals surface area contributed by atoms with E-state index in [0.717, 1.165) is 0 Å². The molecule has 1 aromatic carbocycles. The van der Waals surface area contributed by atoms with Gasteiger partial charge in [0.1, 0.15) is 0 Å². The smallest absolute Gasteiger partial charge is 0.320 e. The average molecular weight is 337 g/mol. The summed E-state index contributed by atoms with van der Waals surface area (Å²) >= 11 is 5.08. The van der Waals surface area contributed by atoms with Gasteiger partial charge >= 0.3 is 5.69 Å². The summed E-state index contributed by atoms with van der Waals surface area (Å²) in [5, 5.41) is 27.2. The summed E-state index contributed by atoms with van der Waals surface area (Å²) in [4.78, 5) is 22.8. The first-order chi connectivity index (χ1) is 10.8. The van der Waals surface area contributed by atoms with Gasteiger partial charge in [-0.2, -0.15) is 0 Å². The number of thiocarbonyl (C=S) groups is 1. The van der Waals surface area contributed by atoms with Crippen molar-refractivity contribution in [2.45, 2.75) is 19.9 Å². The molecule has 0 aliphatic carbocycles. The number of nitro benzene ring substituents is 1. The first-order valence-electron chi connectivity index (χ1n) is 6.61. The van der Waals surface area contributed by atoms with Gasteiger partial charge in [0.15, 0.2) is 16.6 Å². The summed E-state index contributed by atoms with van der Waals surface area (Å²) in [5.41, 5.74) is 0.612. The van der Waals surface area contributed by atoms with Crippen LogP contribution in [-0.2, 0) is 4.79 Å². The second kappa shape index (κ2) is 6.21. The fraction of sp³-hybridized carbons (Fsp3) is 0.286. The summed E-state index contributed by atoms with van der Waals surface area (Å²) in [6.07, 6.45) is 0. The zero-order valence-electron chi connectivity index (χ0n) is 12.7. The summed E-state index contributed by atoms with van der Waals surface area (Å²) in [6.45, 7) is 3.04. The molecule has 0 bridgehead atoms. The third kappa shape index (κ3) is 2.95. The number of rotatable bonds is 4. The lowest BCUT2D eigenvalue weighted by Crippen LogP contribution is -2.44. The number of benzene rings is 1. The first-order valence-corrected chi connectivity index (χ1v) is 7.02. The zero-order chi connectivity index (χ0) is 17.3. The number of allylic oxidation sites excluding steroid dienone is 1. The Bertz CT molecular complexity index is 744. The minimum atomic E-state index is -0.809. The fourth-order valence-electron chi connectivity index (χ4n) is 2.59. The average Bonchev–Trinajstić information content (AvgIpc) is 2.45. The van der Waals surface area contributed by atoms with Crippen LogP contribution in [0.1, 0.15) is 25.5 Å². The number of nitro groups is 1. The molecule has 2 rings (SSSR count). The number of carbonyl (C=O) groups excluding carboxylic acids is 1. The van der Waals surface area contributed by atoms with Gasteiger partial charge in [-0.05, 0) is 38.2 Å². The highest BCUT2D eigenvalue weighted by atomic mass is 32.1. The van der Waals surface area contributed by atoms with Crippen molar-refractivity contribution < 1.29 is 19.6 Å². The number of aromatic hydroxyl groups is 1. The van der Waals surface area contributed by atoms with Crippen molar-refractivity contribution in [1.29, 1.82) is 0 Å². The highest BCUT2D eigenvalue weighted by molar-refractivity contribution is 7.80. The highest BCUT2D eigenvalue weighted by Gasteiger charge is 2.35. The number of carbonyl (C=O) groups is 1. The molecular weight excluding hydrogens is 322 g/mol. The van der Waals surface area contributed by atoms with Gasteiger partial charge in [-0.3, -0.25) is 14.9 Å². The van der Waals surface area contributed by atoms with Crippen LogP contribution in [-0.4, -0.2) is 28.0 Å². The molecule has 0 radical (unpaired) electrons. The second-order valence-corrected chi connectivity index (χ2v) is 5.35. The van der Waals surface area contributed by atoms with E-state index in [2.05, 4.69) is 10.6 Å². The predicted molar refractivity (Wildman–Crippen MR) is 86.3 cm³/mol. The topological polar surface area (TPSA) is 114 Å². The summed E-state index contributed by atoms with van der Waals surface area (Å²) < 4.78 is 4.95. The van der Waals surface area contributed by atoms with Crippen LogP contribution in [0, 0.1) is 10.1 Å². The van der Waals surface area contributed by atoms with Crippen LogP contribution in [0.15, 0.2) is 23.4 Å². The van der Waals surface area contributed by atoms with Crippen molar-refractivity contribution in [2.75, 3.05) is 7.11 Å². The van der Waals surface area contributed by atoms with Crippen LogP contribution in [0.2, 0.25) is 0 Å². The molecule has 0 amide bonds. The Hall–Kier alpha value is -2.68. The molecule has 0 aromatic heterocycles. The Balaban J connectivity index is 2.74. The van der Waals surface area contributed by atoms with E-state index in [-0.39, 0.29) is 28.0 Å². The Morgan fingerprint density at radius 2 is 2.13 bits per heavy atom. The minimum absolute atomic E-state index is 0.179. The number of nitrogens with one attached hydrogen (secondary N) is 2. The Morgan fingerprint density at radius 3 is 2.65 bits per heavy atom. The minimum Gasteiger partial charge on any atom is -0.504 e. The van der Waals surface area contributed by atoms with Crippen molar-refractivity contribution in [3.63, 3.8) is 0 Å². The SMILES string of the molecule is COc1c(O)ccc(C2NC(=S)NC(C)=C2C(C)=O)c1[N+](=O)[O-]. The third-order valence-corrected chi connectivity index (χ3v) is 3.71. The van der Waals surface area contributed by atoms with Crippen molar-refractivity contribution in [1.82, 2.24) is 10.6 Å². The van der Waals surface area contributed by atoms with E-state index in [1.807, 2.05) is 0 Å². The van der Waals surface area contributed by atoms with Crippen LogP contribution >= 0.6 is 12.2 Å². The molecule has 3 N–H and O–H groups in total. The third-order valence-electron chi connectivity index (χ3n) is 3.49. The largest absolute Gasteiger partial charge is 0.504 e. The maximum atomic E-state index is 12.0. The van der Waals surface area contributed by atoms with Gasteiger partial charge in [-0.15, -0.1) is 0 Å². The number of phenolic OH excluding ortho intramolecular Hbond substituents is 1. The highest BCUT2D eigenvalue weighted by Crippen LogP contribution is 2.43. The van der Waals surface area contributed by atoms with E-state index >= 15 is 0 Å². The zero-order valence-corrected chi connectivity index (χ0v) is 13.5. The lowest BCUT2D eigenvalue weighted by molar-refractivity contribution is -0.386. The molecule has 1 atom stereocenters. The lowest BCUT2D eigenvalue weighted by atomic mass is 9.91. The van der Waals surface area contributed by atoms with E-state index in [9.17, 15) is 20.0 Å². The molecule has 23 heavy (non-hydrogen) atoms. The number of hydrogen-bond acceptors (Lipinski definition) is 6. The monoisotopic (exact) mass is 337 g/mol. The molecule has 0 saturated carbocycles. The van der Waals surface area contributed by atoms with Crippen molar-refractivity contribution in [2.24, 2.45) is 0 Å².